The summed E-state index contributed by atoms with van der Waals surface area (Å²) >= 11 is 0. The lowest BCUT2D eigenvalue weighted by atomic mass is 9.91. The highest BCUT2D eigenvalue weighted by Crippen LogP contribution is 2.64. The van der Waals surface area contributed by atoms with Gasteiger partial charge < -0.3 is 5.11 Å². The number of aliphatic carboxylic acids is 1. The van der Waals surface area contributed by atoms with Crippen molar-refractivity contribution in [2.75, 3.05) is 13.1 Å². The maximum absolute atomic E-state index is 14.0. The zero-order valence-electron chi connectivity index (χ0n) is 16.6. The monoisotopic (exact) mass is 599 g/mol. The molecular weight excluding hydrogens is 589 g/mol. The predicted octanol–water partition coefficient (Wildman–Crippen LogP) is 5.08. The van der Waals surface area contributed by atoms with Gasteiger partial charge >= 0.3 is 52.9 Å². The molecule has 0 aliphatic heterocycles. The summed E-state index contributed by atoms with van der Waals surface area (Å²) in [7, 11) is -7.47. The Bertz CT molecular complexity index is 927. The third-order valence-corrected chi connectivity index (χ3v) is 6.31. The molecule has 23 heteroatoms. The number of carboxylic acid groups (broad SMARTS) is 1. The summed E-state index contributed by atoms with van der Waals surface area (Å²) in [4.78, 5) is 10.4. The summed E-state index contributed by atoms with van der Waals surface area (Å²) in [5, 5.41) is 0.644. The first-order valence-electron chi connectivity index (χ1n) is 8.30. The smallest absolute Gasteiger partial charge is 0.460 e. The molecule has 0 aliphatic carbocycles. The molecule has 0 saturated heterocycles. The molecule has 0 aromatic carbocycles. The largest absolute Gasteiger partial charge is 0.481 e. The molecule has 0 bridgehead atoms. The number of nitrogens with zero attached hydrogens (tertiary/aromatic N) is 1. The van der Waals surface area contributed by atoms with Gasteiger partial charge in [0.2, 0.25) is 0 Å². The molecule has 0 rings (SSSR count). The Morgan fingerprint density at radius 3 is 1.22 bits per heavy atom. The lowest BCUT2D eigenvalue weighted by Gasteiger charge is -2.43. The molecule has 0 aliphatic rings. The maximum atomic E-state index is 14.0. The van der Waals surface area contributed by atoms with Crippen molar-refractivity contribution in [3.63, 3.8) is 0 Å². The van der Waals surface area contributed by atoms with Crippen LogP contribution in [0, 0.1) is 0 Å². The van der Waals surface area contributed by atoms with E-state index in [1.165, 1.54) is 0 Å². The molecular formula is C13H10F17NO4S. The fourth-order valence-corrected chi connectivity index (χ4v) is 3.59. The number of sulfonamides is 1. The van der Waals surface area contributed by atoms with Crippen molar-refractivity contribution in [2.45, 2.75) is 60.3 Å². The average molecular weight is 599 g/mol. The number of carboxylic acids is 1. The zero-order valence-corrected chi connectivity index (χ0v) is 17.4. The van der Waals surface area contributed by atoms with Crippen LogP contribution in [-0.4, -0.2) is 83.9 Å². The number of hydrogen-bond acceptors (Lipinski definition) is 3. The van der Waals surface area contributed by atoms with Gasteiger partial charge in [0.05, 0.1) is 6.42 Å². The number of carbonyl (C=O) groups is 1. The van der Waals surface area contributed by atoms with E-state index in [0.717, 1.165) is 0 Å². The van der Waals surface area contributed by atoms with Gasteiger partial charge in [0, 0.05) is 13.1 Å². The first kappa shape index (κ1) is 34.2. The molecule has 0 saturated carbocycles. The first-order valence-corrected chi connectivity index (χ1v) is 9.74. The summed E-state index contributed by atoms with van der Waals surface area (Å²) in [6.07, 6.45) is -9.44. The average Bonchev–Trinajstić information content (AvgIpc) is 2.65. The lowest BCUT2D eigenvalue weighted by Crippen LogP contribution is -2.75. The SMILES string of the molecule is CCN(CCC(=O)O)S(=O)(=O)C(F)(F)C(F)(F)C(F)(F)C(F)(F)C(F)(F)C(F)(F)C(F)(F)C(F)(F)F. The molecule has 0 radical (unpaired) electrons. The van der Waals surface area contributed by atoms with Crippen LogP contribution in [0.2, 0.25) is 0 Å². The minimum Gasteiger partial charge on any atom is -0.481 e. The topological polar surface area (TPSA) is 74.7 Å². The third-order valence-electron chi connectivity index (χ3n) is 4.28. The van der Waals surface area contributed by atoms with Crippen LogP contribution in [0.1, 0.15) is 13.3 Å². The van der Waals surface area contributed by atoms with Gasteiger partial charge in [-0.2, -0.15) is 78.9 Å². The van der Waals surface area contributed by atoms with E-state index >= 15 is 0 Å². The summed E-state index contributed by atoms with van der Waals surface area (Å²) in [6, 6.07) is 0. The summed E-state index contributed by atoms with van der Waals surface area (Å²) in [6.45, 7) is -2.79. The van der Waals surface area contributed by atoms with Gasteiger partial charge in [-0.15, -0.1) is 0 Å². The van der Waals surface area contributed by atoms with Crippen molar-refractivity contribution in [1.29, 1.82) is 0 Å². The van der Waals surface area contributed by atoms with Crippen LogP contribution in [0.3, 0.4) is 0 Å². The van der Waals surface area contributed by atoms with E-state index in [-0.39, 0.29) is 0 Å². The van der Waals surface area contributed by atoms with Crippen molar-refractivity contribution in [3.8, 4) is 0 Å². The van der Waals surface area contributed by atoms with Crippen molar-refractivity contribution < 1.29 is 93.0 Å². The van der Waals surface area contributed by atoms with Crippen molar-refractivity contribution in [3.05, 3.63) is 0 Å². The van der Waals surface area contributed by atoms with Crippen molar-refractivity contribution in [2.24, 2.45) is 0 Å². The van der Waals surface area contributed by atoms with Gasteiger partial charge in [-0.3, -0.25) is 4.79 Å². The van der Waals surface area contributed by atoms with Gasteiger partial charge in [0.15, 0.2) is 0 Å². The van der Waals surface area contributed by atoms with Crippen LogP contribution in [0.4, 0.5) is 74.6 Å². The van der Waals surface area contributed by atoms with Gasteiger partial charge in [0.25, 0.3) is 10.0 Å². The normalized spacial score (nSPS) is 16.0. The second-order valence-corrected chi connectivity index (χ2v) is 8.58. The Labute approximate surface area is 187 Å². The van der Waals surface area contributed by atoms with Crippen LogP contribution in [0.15, 0.2) is 0 Å². The Morgan fingerprint density at radius 1 is 0.639 bits per heavy atom. The molecule has 5 nitrogen and oxygen atoms in total. The number of hydrogen-bond donors (Lipinski definition) is 1. The summed E-state index contributed by atoms with van der Waals surface area (Å²) in [5.74, 6) is -54.1. The van der Waals surface area contributed by atoms with Crippen LogP contribution in [-0.2, 0) is 14.8 Å². The van der Waals surface area contributed by atoms with Crippen molar-refractivity contribution >= 4 is 16.0 Å². The quantitative estimate of drug-likeness (QED) is 0.318. The highest BCUT2D eigenvalue weighted by molar-refractivity contribution is 7.90. The molecule has 0 spiro atoms. The summed E-state index contributed by atoms with van der Waals surface area (Å²) < 4.78 is 247. The molecule has 0 fully saturated rings. The second kappa shape index (κ2) is 9.19. The highest BCUT2D eigenvalue weighted by atomic mass is 32.2. The molecule has 0 heterocycles. The minimum absolute atomic E-state index is 0.453. The Morgan fingerprint density at radius 2 is 0.944 bits per heavy atom. The van der Waals surface area contributed by atoms with E-state index in [2.05, 4.69) is 0 Å². The second-order valence-electron chi connectivity index (χ2n) is 6.60. The molecule has 1 N–H and O–H groups in total. The number of halogens is 17. The van der Waals surface area contributed by atoms with E-state index in [4.69, 9.17) is 5.11 Å². The van der Waals surface area contributed by atoms with Crippen LogP contribution < -0.4 is 0 Å². The molecule has 0 atom stereocenters. The first-order chi connectivity index (χ1) is 15.4. The summed E-state index contributed by atoms with van der Waals surface area (Å²) in [5.41, 5.74) is 0. The molecule has 36 heavy (non-hydrogen) atoms. The number of alkyl halides is 17. The van der Waals surface area contributed by atoms with E-state index < -0.39 is 86.8 Å². The van der Waals surface area contributed by atoms with Gasteiger partial charge in [-0.05, 0) is 0 Å². The predicted molar refractivity (Wildman–Crippen MR) is 79.1 cm³/mol. The zero-order chi connectivity index (χ0) is 29.8. The molecule has 0 unspecified atom stereocenters. The van der Waals surface area contributed by atoms with E-state index in [1.807, 2.05) is 0 Å². The van der Waals surface area contributed by atoms with Crippen LogP contribution >= 0.6 is 0 Å². The van der Waals surface area contributed by atoms with Gasteiger partial charge in [-0.1, -0.05) is 6.92 Å². The standard InChI is InChI=1S/C13H10F17NO4S/c1-2-31(4-3-5(32)33)36(34,35)13(29,30)11(24,25)9(20,21)7(16,17)6(14,15)8(18,19)10(22,23)12(26,27)28/h2-4H2,1H3,(H,32,33). The molecule has 216 valence electrons. The minimum atomic E-state index is -8.92. The van der Waals surface area contributed by atoms with E-state index in [0.29, 0.717) is 6.92 Å². The Balaban J connectivity index is 6.97. The fraction of sp³-hybridized carbons (Fsp3) is 0.923. The maximum Gasteiger partial charge on any atom is 0.460 e. The lowest BCUT2D eigenvalue weighted by molar-refractivity contribution is -0.458. The Kier molecular flexibility index (Phi) is 8.72. The number of rotatable bonds is 12. The van der Waals surface area contributed by atoms with E-state index in [1.54, 1.807) is 0 Å². The van der Waals surface area contributed by atoms with Crippen LogP contribution in [0.25, 0.3) is 0 Å². The van der Waals surface area contributed by atoms with Crippen molar-refractivity contribution in [1.82, 2.24) is 4.31 Å². The highest BCUT2D eigenvalue weighted by Gasteiger charge is 2.96. The third kappa shape index (κ3) is 4.52. The van der Waals surface area contributed by atoms with Crippen LogP contribution in [0.5, 0.6) is 0 Å². The molecule has 0 aromatic heterocycles. The fourth-order valence-electron chi connectivity index (χ4n) is 2.14. The van der Waals surface area contributed by atoms with Gasteiger partial charge in [-0.25, -0.2) is 8.42 Å². The van der Waals surface area contributed by atoms with E-state index in [9.17, 15) is 87.8 Å². The molecule has 0 amide bonds. The van der Waals surface area contributed by atoms with Gasteiger partial charge in [0.1, 0.15) is 0 Å². The molecule has 0 aromatic rings. The Hall–Kier alpha value is -1.81.